The number of carbonyl (C=O) groups is 1. The van der Waals surface area contributed by atoms with Crippen LogP contribution >= 0.6 is 11.8 Å². The summed E-state index contributed by atoms with van der Waals surface area (Å²) >= 11 is 1.63. The number of rotatable bonds is 6. The standard InChI is InChI=1S/C25H31N5O2S/c1-18-7-8-21-19(16-18)23(20(17-26)24(31)30(21)10-5-9-27(2)3)28-11-13-29(14-12-28)25(32)22-6-4-15-33-22/h6-8,16H,4-5,9-15H2,1-3H3. The molecule has 1 fully saturated rings. The van der Waals surface area contributed by atoms with E-state index in [9.17, 15) is 14.9 Å². The monoisotopic (exact) mass is 465 g/mol. The third-order valence-corrected chi connectivity index (χ3v) is 7.38. The summed E-state index contributed by atoms with van der Waals surface area (Å²) in [6, 6.07) is 8.30. The molecule has 0 atom stereocenters. The van der Waals surface area contributed by atoms with Crippen molar-refractivity contribution < 1.29 is 4.79 Å². The normalized spacial score (nSPS) is 16.4. The van der Waals surface area contributed by atoms with Crippen LogP contribution in [0.1, 0.15) is 24.0 Å². The van der Waals surface area contributed by atoms with E-state index >= 15 is 0 Å². The van der Waals surface area contributed by atoms with Crippen LogP contribution in [0.2, 0.25) is 0 Å². The quantitative estimate of drug-likeness (QED) is 0.653. The summed E-state index contributed by atoms with van der Waals surface area (Å²) in [5, 5.41) is 10.9. The molecule has 174 valence electrons. The van der Waals surface area contributed by atoms with E-state index in [0.29, 0.717) is 38.4 Å². The predicted octanol–water partition coefficient (Wildman–Crippen LogP) is 2.80. The number of hydrogen-bond donors (Lipinski definition) is 0. The van der Waals surface area contributed by atoms with Gasteiger partial charge in [-0.1, -0.05) is 17.7 Å². The Morgan fingerprint density at radius 3 is 2.61 bits per heavy atom. The second-order valence-electron chi connectivity index (χ2n) is 8.95. The first kappa shape index (κ1) is 23.4. The van der Waals surface area contributed by atoms with Crippen LogP contribution < -0.4 is 10.5 Å². The summed E-state index contributed by atoms with van der Waals surface area (Å²) < 4.78 is 1.75. The van der Waals surface area contributed by atoms with Crippen LogP contribution in [0.15, 0.2) is 34.0 Å². The van der Waals surface area contributed by atoms with Crippen LogP contribution in [0.25, 0.3) is 10.9 Å². The summed E-state index contributed by atoms with van der Waals surface area (Å²) in [5.41, 5.74) is 2.64. The van der Waals surface area contributed by atoms with Gasteiger partial charge in [0.25, 0.3) is 11.5 Å². The Morgan fingerprint density at radius 1 is 1.21 bits per heavy atom. The molecular formula is C25H31N5O2S. The van der Waals surface area contributed by atoms with Gasteiger partial charge in [-0.2, -0.15) is 5.26 Å². The van der Waals surface area contributed by atoms with Gasteiger partial charge in [-0.25, -0.2) is 0 Å². The molecule has 3 heterocycles. The smallest absolute Gasteiger partial charge is 0.271 e. The maximum Gasteiger partial charge on any atom is 0.271 e. The largest absolute Gasteiger partial charge is 0.366 e. The van der Waals surface area contributed by atoms with Crippen molar-refractivity contribution in [2.24, 2.45) is 0 Å². The fourth-order valence-electron chi connectivity index (χ4n) is 4.61. The minimum absolute atomic E-state index is 0.106. The summed E-state index contributed by atoms with van der Waals surface area (Å²) in [7, 11) is 4.03. The summed E-state index contributed by atoms with van der Waals surface area (Å²) in [4.78, 5) is 33.1. The summed E-state index contributed by atoms with van der Waals surface area (Å²) in [6.45, 7) is 5.84. The van der Waals surface area contributed by atoms with Crippen LogP contribution in [-0.2, 0) is 11.3 Å². The van der Waals surface area contributed by atoms with Crippen LogP contribution in [0, 0.1) is 18.3 Å². The molecule has 1 saturated heterocycles. The molecule has 0 spiro atoms. The zero-order chi connectivity index (χ0) is 23.5. The number of thioether (sulfide) groups is 1. The van der Waals surface area contributed by atoms with Crippen molar-refractivity contribution in [1.29, 1.82) is 5.26 Å². The van der Waals surface area contributed by atoms with Gasteiger partial charge in [0.05, 0.1) is 16.1 Å². The zero-order valence-electron chi connectivity index (χ0n) is 19.6. The number of hydrogen-bond acceptors (Lipinski definition) is 6. The molecule has 0 saturated carbocycles. The first-order chi connectivity index (χ1) is 15.9. The SMILES string of the molecule is Cc1ccc2c(c1)c(N1CCN(C(=O)C3=CCCS3)CC1)c(C#N)c(=O)n2CCCN(C)C. The second-order valence-corrected chi connectivity index (χ2v) is 10.1. The Hall–Kier alpha value is -2.76. The van der Waals surface area contributed by atoms with Crippen LogP contribution in [0.3, 0.4) is 0 Å². The fraction of sp³-hybridized carbons (Fsp3) is 0.480. The van der Waals surface area contributed by atoms with Gasteiger partial charge in [-0.15, -0.1) is 11.8 Å². The van der Waals surface area contributed by atoms with Crippen molar-refractivity contribution in [3.05, 3.63) is 50.7 Å². The number of amides is 1. The minimum Gasteiger partial charge on any atom is -0.366 e. The van der Waals surface area contributed by atoms with Crippen LogP contribution in [-0.4, -0.2) is 72.8 Å². The number of allylic oxidation sites excluding steroid dienone is 1. The molecule has 8 heteroatoms. The molecule has 0 aliphatic carbocycles. The highest BCUT2D eigenvalue weighted by Gasteiger charge is 2.28. The van der Waals surface area contributed by atoms with Crippen molar-refractivity contribution in [3.63, 3.8) is 0 Å². The Balaban J connectivity index is 1.68. The molecule has 0 unspecified atom stereocenters. The molecule has 33 heavy (non-hydrogen) atoms. The lowest BCUT2D eigenvalue weighted by Crippen LogP contribution is -2.49. The Labute approximate surface area is 199 Å². The van der Waals surface area contributed by atoms with E-state index in [1.54, 1.807) is 16.3 Å². The zero-order valence-corrected chi connectivity index (χ0v) is 20.5. The van der Waals surface area contributed by atoms with Crippen molar-refractivity contribution in [2.75, 3.05) is 57.5 Å². The lowest BCUT2D eigenvalue weighted by atomic mass is 10.0. The third-order valence-electron chi connectivity index (χ3n) is 6.29. The number of aromatic nitrogens is 1. The highest BCUT2D eigenvalue weighted by Crippen LogP contribution is 2.32. The lowest BCUT2D eigenvalue weighted by molar-refractivity contribution is -0.126. The number of piperazine rings is 1. The van der Waals surface area contributed by atoms with Crippen LogP contribution in [0.5, 0.6) is 0 Å². The van der Waals surface area contributed by atoms with Crippen molar-refractivity contribution in [1.82, 2.24) is 14.4 Å². The van der Waals surface area contributed by atoms with E-state index in [1.165, 1.54) is 0 Å². The highest BCUT2D eigenvalue weighted by atomic mass is 32.2. The average molecular weight is 466 g/mol. The van der Waals surface area contributed by atoms with E-state index in [0.717, 1.165) is 46.5 Å². The first-order valence-corrected chi connectivity index (χ1v) is 12.5. The van der Waals surface area contributed by atoms with Crippen molar-refractivity contribution >= 4 is 34.3 Å². The molecule has 4 rings (SSSR count). The summed E-state index contributed by atoms with van der Waals surface area (Å²) in [6.07, 6.45) is 3.81. The number of nitrogens with zero attached hydrogens (tertiary/aromatic N) is 5. The Morgan fingerprint density at radius 2 is 1.97 bits per heavy atom. The lowest BCUT2D eigenvalue weighted by Gasteiger charge is -2.37. The number of benzene rings is 1. The van der Waals surface area contributed by atoms with Crippen LogP contribution in [0.4, 0.5) is 5.69 Å². The van der Waals surface area contributed by atoms with Gasteiger partial charge in [0.2, 0.25) is 0 Å². The topological polar surface area (TPSA) is 72.6 Å². The molecule has 1 amide bonds. The third kappa shape index (κ3) is 4.80. The molecular weight excluding hydrogens is 434 g/mol. The van der Waals surface area contributed by atoms with Gasteiger partial charge in [0.15, 0.2) is 0 Å². The minimum atomic E-state index is -0.228. The molecule has 0 N–H and O–H groups in total. The molecule has 2 aromatic rings. The van der Waals surface area contributed by atoms with Gasteiger partial charge in [-0.3, -0.25) is 9.59 Å². The number of anilines is 1. The van der Waals surface area contributed by atoms with E-state index in [1.807, 2.05) is 44.1 Å². The molecule has 1 aromatic heterocycles. The van der Waals surface area contributed by atoms with E-state index in [2.05, 4.69) is 21.9 Å². The number of fused-ring (bicyclic) bond motifs is 1. The number of aryl methyl sites for hydroxylation is 2. The maximum atomic E-state index is 13.4. The van der Waals surface area contributed by atoms with Gasteiger partial charge < -0.3 is 19.3 Å². The molecule has 0 bridgehead atoms. The molecule has 0 radical (unpaired) electrons. The highest BCUT2D eigenvalue weighted by molar-refractivity contribution is 8.04. The Bertz CT molecular complexity index is 1190. The number of carbonyl (C=O) groups excluding carboxylic acids is 1. The molecule has 1 aromatic carbocycles. The average Bonchev–Trinajstić information content (AvgIpc) is 3.34. The number of nitriles is 1. The van der Waals surface area contributed by atoms with E-state index in [4.69, 9.17) is 0 Å². The van der Waals surface area contributed by atoms with E-state index < -0.39 is 0 Å². The fourth-order valence-corrected chi connectivity index (χ4v) is 5.55. The van der Waals surface area contributed by atoms with E-state index in [-0.39, 0.29) is 17.0 Å². The van der Waals surface area contributed by atoms with Gasteiger partial charge in [0.1, 0.15) is 11.6 Å². The second kappa shape index (κ2) is 10.0. The summed E-state index contributed by atoms with van der Waals surface area (Å²) in [5.74, 6) is 1.08. The van der Waals surface area contributed by atoms with Crippen molar-refractivity contribution in [2.45, 2.75) is 26.3 Å². The first-order valence-electron chi connectivity index (χ1n) is 11.5. The predicted molar refractivity (Wildman–Crippen MR) is 135 cm³/mol. The van der Waals surface area contributed by atoms with Gasteiger partial charge >= 0.3 is 0 Å². The van der Waals surface area contributed by atoms with Gasteiger partial charge in [-0.05, 0) is 52.5 Å². The molecule has 2 aliphatic heterocycles. The maximum absolute atomic E-state index is 13.4. The van der Waals surface area contributed by atoms with Crippen molar-refractivity contribution in [3.8, 4) is 6.07 Å². The molecule has 2 aliphatic rings. The molecule has 7 nitrogen and oxygen atoms in total. The van der Waals surface area contributed by atoms with Gasteiger partial charge in [0, 0.05) is 43.9 Å². The number of pyridine rings is 1. The Kier molecular flexibility index (Phi) is 7.11.